The van der Waals surface area contributed by atoms with Gasteiger partial charge < -0.3 is 20.5 Å². The molecule has 2 aliphatic heterocycles. The van der Waals surface area contributed by atoms with Crippen molar-refractivity contribution < 1.29 is 24.2 Å². The summed E-state index contributed by atoms with van der Waals surface area (Å²) < 4.78 is 4.95. The van der Waals surface area contributed by atoms with Crippen molar-refractivity contribution in [2.45, 2.75) is 31.8 Å². The molecule has 3 rings (SSSR count). The van der Waals surface area contributed by atoms with Crippen molar-refractivity contribution in [3.63, 3.8) is 0 Å². The molecule has 2 saturated heterocycles. The van der Waals surface area contributed by atoms with Crippen LogP contribution in [0.1, 0.15) is 31.7 Å². The molecule has 3 N–H and O–H groups in total. The SMILES string of the molecule is CC1(O)CNC(=O)C1.CCOC(=O)C1C(=O)NCC1c1ccccc1. The number of benzene rings is 1. The van der Waals surface area contributed by atoms with Crippen LogP contribution >= 0.6 is 0 Å². The molecule has 0 spiro atoms. The number of β-amino-alcohol motifs (C(OH)–C–C–N with tert-alkyl or cyclic N) is 1. The number of carbonyl (C=O) groups is 3. The Labute approximate surface area is 146 Å². The average Bonchev–Trinajstić information content (AvgIpc) is 3.10. The highest BCUT2D eigenvalue weighted by atomic mass is 16.5. The molecule has 2 aliphatic rings. The van der Waals surface area contributed by atoms with E-state index in [9.17, 15) is 14.4 Å². The van der Waals surface area contributed by atoms with Gasteiger partial charge in [0.25, 0.3) is 0 Å². The second-order valence-corrected chi connectivity index (χ2v) is 6.44. The molecule has 3 atom stereocenters. The molecule has 0 aliphatic carbocycles. The third-order valence-electron chi connectivity index (χ3n) is 4.16. The summed E-state index contributed by atoms with van der Waals surface area (Å²) in [6.45, 7) is 4.56. The summed E-state index contributed by atoms with van der Waals surface area (Å²) in [6, 6.07) is 9.57. The van der Waals surface area contributed by atoms with Crippen LogP contribution in [0.15, 0.2) is 30.3 Å². The predicted octanol–water partition coefficient (Wildman–Crippen LogP) is 0.337. The van der Waals surface area contributed by atoms with Crippen molar-refractivity contribution in [1.82, 2.24) is 10.6 Å². The fourth-order valence-corrected chi connectivity index (χ4v) is 2.89. The van der Waals surface area contributed by atoms with E-state index in [4.69, 9.17) is 9.84 Å². The van der Waals surface area contributed by atoms with Crippen molar-refractivity contribution in [1.29, 1.82) is 0 Å². The molecule has 7 nitrogen and oxygen atoms in total. The number of nitrogens with one attached hydrogen (secondary N) is 2. The molecule has 0 radical (unpaired) electrons. The summed E-state index contributed by atoms with van der Waals surface area (Å²) in [4.78, 5) is 33.8. The second kappa shape index (κ2) is 8.11. The van der Waals surface area contributed by atoms with E-state index < -0.39 is 17.5 Å². The predicted molar refractivity (Wildman–Crippen MR) is 90.6 cm³/mol. The Morgan fingerprint density at radius 1 is 1.28 bits per heavy atom. The van der Waals surface area contributed by atoms with Gasteiger partial charge in [-0.25, -0.2) is 0 Å². The summed E-state index contributed by atoms with van der Waals surface area (Å²) in [5.41, 5.74) is 0.195. The van der Waals surface area contributed by atoms with Gasteiger partial charge in [-0.05, 0) is 19.4 Å². The number of rotatable bonds is 3. The summed E-state index contributed by atoms with van der Waals surface area (Å²) in [7, 11) is 0. The van der Waals surface area contributed by atoms with Crippen LogP contribution in [0.5, 0.6) is 0 Å². The molecule has 2 fully saturated rings. The third kappa shape index (κ3) is 5.03. The number of esters is 1. The lowest BCUT2D eigenvalue weighted by atomic mass is 9.89. The van der Waals surface area contributed by atoms with Crippen LogP contribution in [0, 0.1) is 5.92 Å². The van der Waals surface area contributed by atoms with Crippen LogP contribution in [0.25, 0.3) is 0 Å². The van der Waals surface area contributed by atoms with E-state index in [1.807, 2.05) is 30.3 Å². The number of ether oxygens (including phenoxy) is 1. The lowest BCUT2D eigenvalue weighted by molar-refractivity contribution is -0.151. The summed E-state index contributed by atoms with van der Waals surface area (Å²) in [6.07, 6.45) is 0.243. The minimum Gasteiger partial charge on any atom is -0.465 e. The van der Waals surface area contributed by atoms with E-state index >= 15 is 0 Å². The third-order valence-corrected chi connectivity index (χ3v) is 4.16. The molecular weight excluding hydrogens is 324 g/mol. The molecule has 2 amide bonds. The van der Waals surface area contributed by atoms with Crippen LogP contribution < -0.4 is 10.6 Å². The van der Waals surface area contributed by atoms with Crippen LogP contribution in [0.3, 0.4) is 0 Å². The molecule has 0 bridgehead atoms. The first-order chi connectivity index (χ1) is 11.8. The van der Waals surface area contributed by atoms with Crippen molar-refractivity contribution >= 4 is 17.8 Å². The molecule has 0 saturated carbocycles. The lowest BCUT2D eigenvalue weighted by Crippen LogP contribution is -2.28. The fraction of sp³-hybridized carbons (Fsp3) is 0.500. The highest BCUT2D eigenvalue weighted by Gasteiger charge is 2.41. The van der Waals surface area contributed by atoms with Gasteiger partial charge in [-0.2, -0.15) is 0 Å². The van der Waals surface area contributed by atoms with Crippen molar-refractivity contribution in [2.24, 2.45) is 5.92 Å². The van der Waals surface area contributed by atoms with Gasteiger partial charge in [-0.3, -0.25) is 14.4 Å². The molecule has 1 aromatic carbocycles. The van der Waals surface area contributed by atoms with Gasteiger partial charge in [0.1, 0.15) is 5.92 Å². The van der Waals surface area contributed by atoms with Crippen LogP contribution in [-0.2, 0) is 19.1 Å². The number of aliphatic hydroxyl groups is 1. The number of hydrogen-bond donors (Lipinski definition) is 3. The molecule has 136 valence electrons. The van der Waals surface area contributed by atoms with E-state index in [0.717, 1.165) is 5.56 Å². The van der Waals surface area contributed by atoms with Gasteiger partial charge >= 0.3 is 5.97 Å². The molecule has 1 aromatic rings. The van der Waals surface area contributed by atoms with Crippen LogP contribution in [-0.4, -0.2) is 48.2 Å². The van der Waals surface area contributed by atoms with Crippen LogP contribution in [0.4, 0.5) is 0 Å². The molecule has 0 aromatic heterocycles. The summed E-state index contributed by atoms with van der Waals surface area (Å²) in [5.74, 6) is -1.57. The van der Waals surface area contributed by atoms with Crippen molar-refractivity contribution in [2.75, 3.05) is 19.7 Å². The molecule has 3 unspecified atom stereocenters. The Bertz CT molecular complexity index is 630. The first-order valence-corrected chi connectivity index (χ1v) is 8.32. The minimum absolute atomic E-state index is 0.0602. The van der Waals surface area contributed by atoms with E-state index in [0.29, 0.717) is 19.7 Å². The Balaban J connectivity index is 0.000000236. The minimum atomic E-state index is -0.795. The Morgan fingerprint density at radius 3 is 2.44 bits per heavy atom. The van der Waals surface area contributed by atoms with E-state index in [2.05, 4.69) is 10.6 Å². The largest absolute Gasteiger partial charge is 0.465 e. The van der Waals surface area contributed by atoms with Crippen LogP contribution in [0.2, 0.25) is 0 Å². The molecular formula is C18H24N2O5. The first kappa shape index (κ1) is 18.9. The normalized spacial score (nSPS) is 27.8. The first-order valence-electron chi connectivity index (χ1n) is 8.32. The molecule has 7 heteroatoms. The summed E-state index contributed by atoms with van der Waals surface area (Å²) >= 11 is 0. The smallest absolute Gasteiger partial charge is 0.319 e. The maximum Gasteiger partial charge on any atom is 0.319 e. The van der Waals surface area contributed by atoms with Crippen molar-refractivity contribution in [3.8, 4) is 0 Å². The average molecular weight is 348 g/mol. The quantitative estimate of drug-likeness (QED) is 0.540. The Morgan fingerprint density at radius 2 is 1.96 bits per heavy atom. The molecule has 2 heterocycles. The van der Waals surface area contributed by atoms with Gasteiger partial charge in [0.15, 0.2) is 0 Å². The highest BCUT2D eigenvalue weighted by Crippen LogP contribution is 2.29. The number of carbonyl (C=O) groups excluding carboxylic acids is 3. The zero-order valence-corrected chi connectivity index (χ0v) is 14.5. The van der Waals surface area contributed by atoms with E-state index in [1.54, 1.807) is 13.8 Å². The van der Waals surface area contributed by atoms with Crippen molar-refractivity contribution in [3.05, 3.63) is 35.9 Å². The highest BCUT2D eigenvalue weighted by molar-refractivity contribution is 6.00. The number of hydrogen-bond acceptors (Lipinski definition) is 5. The lowest BCUT2D eigenvalue weighted by Gasteiger charge is -2.15. The fourth-order valence-electron chi connectivity index (χ4n) is 2.89. The maximum absolute atomic E-state index is 11.8. The molecule has 25 heavy (non-hydrogen) atoms. The monoisotopic (exact) mass is 348 g/mol. The topological polar surface area (TPSA) is 105 Å². The standard InChI is InChI=1S/C13H15NO3.C5H9NO2/c1-2-17-13(16)11-10(8-14-12(11)15)9-6-4-3-5-7-9;1-5(8)2-4(7)6-3-5/h3-7,10-11H,2,8H2,1H3,(H,14,15);8H,2-3H2,1H3,(H,6,7). The Hall–Kier alpha value is -2.41. The van der Waals surface area contributed by atoms with Gasteiger partial charge in [-0.1, -0.05) is 30.3 Å². The van der Waals surface area contributed by atoms with Gasteiger partial charge in [0.2, 0.25) is 11.8 Å². The van der Waals surface area contributed by atoms with Gasteiger partial charge in [-0.15, -0.1) is 0 Å². The summed E-state index contributed by atoms with van der Waals surface area (Å²) in [5, 5.41) is 14.3. The van der Waals surface area contributed by atoms with E-state index in [1.165, 1.54) is 0 Å². The zero-order chi connectivity index (χ0) is 18.4. The van der Waals surface area contributed by atoms with E-state index in [-0.39, 0.29) is 24.2 Å². The Kier molecular flexibility index (Phi) is 6.14. The number of amides is 2. The second-order valence-electron chi connectivity index (χ2n) is 6.44. The maximum atomic E-state index is 11.8. The van der Waals surface area contributed by atoms with Gasteiger partial charge in [0.05, 0.1) is 18.6 Å². The van der Waals surface area contributed by atoms with Gasteiger partial charge in [0, 0.05) is 19.0 Å². The zero-order valence-electron chi connectivity index (χ0n) is 14.5.